The highest BCUT2D eigenvalue weighted by molar-refractivity contribution is 5.93. The lowest BCUT2D eigenvalue weighted by Gasteiger charge is -2.07. The lowest BCUT2D eigenvalue weighted by Crippen LogP contribution is -2.20. The Labute approximate surface area is 113 Å². The Morgan fingerprint density at radius 3 is 2.63 bits per heavy atom. The summed E-state index contributed by atoms with van der Waals surface area (Å²) in [5.74, 6) is -0.849. The number of carbonyl (C=O) groups is 2. The fraction of sp³-hybridized carbons (Fsp3) is 0.333. The van der Waals surface area contributed by atoms with Gasteiger partial charge in [-0.25, -0.2) is 4.79 Å². The molecule has 4 heteroatoms. The molecule has 1 aromatic rings. The Kier molecular flexibility index (Phi) is 5.79. The molecule has 0 aliphatic heterocycles. The third-order valence-corrected chi connectivity index (χ3v) is 2.63. The first-order chi connectivity index (χ1) is 9.02. The molecule has 0 saturated heterocycles. The summed E-state index contributed by atoms with van der Waals surface area (Å²) in [7, 11) is 0. The summed E-state index contributed by atoms with van der Waals surface area (Å²) >= 11 is 0. The maximum Gasteiger partial charge on any atom is 0.330 e. The van der Waals surface area contributed by atoms with Gasteiger partial charge in [0.2, 0.25) is 0 Å². The van der Waals surface area contributed by atoms with E-state index in [0.29, 0.717) is 5.69 Å². The molecule has 1 aromatic carbocycles. The van der Waals surface area contributed by atoms with Crippen LogP contribution in [0, 0.1) is 13.8 Å². The average molecular weight is 261 g/mol. The van der Waals surface area contributed by atoms with Crippen molar-refractivity contribution in [3.8, 4) is 0 Å². The summed E-state index contributed by atoms with van der Waals surface area (Å²) in [6.07, 6.45) is 3.76. The summed E-state index contributed by atoms with van der Waals surface area (Å²) < 4.78 is 4.79. The largest absolute Gasteiger partial charge is 0.452 e. The molecule has 0 unspecified atom stereocenters. The summed E-state index contributed by atoms with van der Waals surface area (Å²) in [6.45, 7) is 5.61. The number of aryl methyl sites for hydroxylation is 2. The average Bonchev–Trinajstić information content (AvgIpc) is 2.38. The van der Waals surface area contributed by atoms with Crippen LogP contribution in [0.5, 0.6) is 0 Å². The second-order valence-electron chi connectivity index (χ2n) is 4.27. The molecule has 0 aliphatic rings. The van der Waals surface area contributed by atoms with Crippen molar-refractivity contribution in [3.63, 3.8) is 0 Å². The van der Waals surface area contributed by atoms with Crippen molar-refractivity contribution in [1.82, 2.24) is 0 Å². The summed E-state index contributed by atoms with van der Waals surface area (Å²) in [6, 6.07) is 5.63. The Balaban J connectivity index is 2.45. The molecule has 0 aromatic heterocycles. The van der Waals surface area contributed by atoms with Crippen molar-refractivity contribution >= 4 is 17.6 Å². The quantitative estimate of drug-likeness (QED) is 0.655. The van der Waals surface area contributed by atoms with Crippen LogP contribution in [0.2, 0.25) is 0 Å². The van der Waals surface area contributed by atoms with Crippen LogP contribution < -0.4 is 5.32 Å². The molecule has 4 nitrogen and oxygen atoms in total. The smallest absolute Gasteiger partial charge is 0.330 e. The fourth-order valence-corrected chi connectivity index (χ4v) is 1.42. The van der Waals surface area contributed by atoms with Gasteiger partial charge in [0.25, 0.3) is 5.91 Å². The van der Waals surface area contributed by atoms with E-state index < -0.39 is 5.97 Å². The molecular formula is C15H19NO3. The highest BCUT2D eigenvalue weighted by atomic mass is 16.5. The van der Waals surface area contributed by atoms with Crippen LogP contribution in [0.25, 0.3) is 0 Å². The zero-order chi connectivity index (χ0) is 14.3. The Bertz CT molecular complexity index is 492. The lowest BCUT2D eigenvalue weighted by atomic mass is 10.1. The van der Waals surface area contributed by atoms with Crippen molar-refractivity contribution in [3.05, 3.63) is 41.5 Å². The molecule has 0 saturated carbocycles. The van der Waals surface area contributed by atoms with Gasteiger partial charge in [0, 0.05) is 11.8 Å². The first-order valence-electron chi connectivity index (χ1n) is 6.23. The third-order valence-electron chi connectivity index (χ3n) is 2.63. The van der Waals surface area contributed by atoms with Gasteiger partial charge in [-0.3, -0.25) is 4.79 Å². The van der Waals surface area contributed by atoms with E-state index in [4.69, 9.17) is 4.74 Å². The maximum atomic E-state index is 11.6. The number of hydrogen-bond donors (Lipinski definition) is 1. The fourth-order valence-electron chi connectivity index (χ4n) is 1.42. The summed E-state index contributed by atoms with van der Waals surface area (Å²) in [4.78, 5) is 22.7. The molecule has 0 fully saturated rings. The number of rotatable bonds is 5. The zero-order valence-corrected chi connectivity index (χ0v) is 11.5. The van der Waals surface area contributed by atoms with Crippen molar-refractivity contribution in [2.45, 2.75) is 27.2 Å². The number of allylic oxidation sites excluding steroid dienone is 1. The van der Waals surface area contributed by atoms with Crippen molar-refractivity contribution in [2.24, 2.45) is 0 Å². The first kappa shape index (κ1) is 15.0. The van der Waals surface area contributed by atoms with Crippen LogP contribution in [0.15, 0.2) is 30.4 Å². The number of carbonyl (C=O) groups excluding carboxylic acids is 2. The minimum Gasteiger partial charge on any atom is -0.452 e. The van der Waals surface area contributed by atoms with Gasteiger partial charge in [0.15, 0.2) is 6.61 Å². The van der Waals surface area contributed by atoms with E-state index in [-0.39, 0.29) is 12.5 Å². The molecule has 0 atom stereocenters. The molecule has 0 heterocycles. The molecule has 1 N–H and O–H groups in total. The van der Waals surface area contributed by atoms with Gasteiger partial charge in [-0.1, -0.05) is 19.1 Å². The van der Waals surface area contributed by atoms with Crippen LogP contribution in [0.4, 0.5) is 5.69 Å². The van der Waals surface area contributed by atoms with Crippen LogP contribution in [-0.2, 0) is 14.3 Å². The minimum atomic E-state index is -0.503. The Morgan fingerprint density at radius 1 is 1.26 bits per heavy atom. The molecular weight excluding hydrogens is 242 g/mol. The van der Waals surface area contributed by atoms with E-state index >= 15 is 0 Å². The second-order valence-corrected chi connectivity index (χ2v) is 4.27. The molecule has 102 valence electrons. The molecule has 0 radical (unpaired) electrons. The summed E-state index contributed by atoms with van der Waals surface area (Å²) in [5.41, 5.74) is 2.96. The van der Waals surface area contributed by atoms with E-state index in [1.54, 1.807) is 6.08 Å². The maximum absolute atomic E-state index is 11.6. The standard InChI is InChI=1S/C15H19NO3/c1-4-5-6-15(18)19-10-14(17)16-13-8-7-11(2)12(3)9-13/h5-9H,4,10H2,1-3H3,(H,16,17)/b6-5+. The second kappa shape index (κ2) is 7.36. The zero-order valence-electron chi connectivity index (χ0n) is 11.5. The number of hydrogen-bond acceptors (Lipinski definition) is 3. The molecule has 1 amide bonds. The van der Waals surface area contributed by atoms with E-state index in [0.717, 1.165) is 17.5 Å². The molecule has 0 aliphatic carbocycles. The van der Waals surface area contributed by atoms with Crippen molar-refractivity contribution in [2.75, 3.05) is 11.9 Å². The van der Waals surface area contributed by atoms with Crippen LogP contribution in [0.3, 0.4) is 0 Å². The van der Waals surface area contributed by atoms with Gasteiger partial charge >= 0.3 is 5.97 Å². The predicted molar refractivity (Wildman–Crippen MR) is 74.9 cm³/mol. The monoisotopic (exact) mass is 261 g/mol. The molecule has 1 rings (SSSR count). The number of esters is 1. The summed E-state index contributed by atoms with van der Waals surface area (Å²) in [5, 5.41) is 2.68. The van der Waals surface area contributed by atoms with Gasteiger partial charge in [0.1, 0.15) is 0 Å². The minimum absolute atomic E-state index is 0.278. The van der Waals surface area contributed by atoms with E-state index in [1.807, 2.05) is 39.0 Å². The van der Waals surface area contributed by atoms with Gasteiger partial charge < -0.3 is 10.1 Å². The van der Waals surface area contributed by atoms with Gasteiger partial charge in [-0.05, 0) is 43.5 Å². The van der Waals surface area contributed by atoms with E-state index in [9.17, 15) is 9.59 Å². The van der Waals surface area contributed by atoms with Crippen molar-refractivity contribution in [1.29, 1.82) is 0 Å². The van der Waals surface area contributed by atoms with Gasteiger partial charge in [-0.2, -0.15) is 0 Å². The number of benzene rings is 1. The SMILES string of the molecule is CC/C=C/C(=O)OCC(=O)Nc1ccc(C)c(C)c1. The normalized spacial score (nSPS) is 10.5. The molecule has 0 bridgehead atoms. The van der Waals surface area contributed by atoms with E-state index in [1.165, 1.54) is 6.08 Å². The highest BCUT2D eigenvalue weighted by Crippen LogP contribution is 2.13. The Hall–Kier alpha value is -2.10. The number of ether oxygens (including phenoxy) is 1. The number of nitrogens with one attached hydrogen (secondary N) is 1. The Morgan fingerprint density at radius 2 is 2.00 bits per heavy atom. The number of amides is 1. The predicted octanol–water partition coefficient (Wildman–Crippen LogP) is 2.75. The first-order valence-corrected chi connectivity index (χ1v) is 6.23. The molecule has 0 spiro atoms. The topological polar surface area (TPSA) is 55.4 Å². The van der Waals surface area contributed by atoms with Crippen LogP contribution in [0.1, 0.15) is 24.5 Å². The third kappa shape index (κ3) is 5.38. The van der Waals surface area contributed by atoms with E-state index in [2.05, 4.69) is 5.32 Å². The van der Waals surface area contributed by atoms with Crippen LogP contribution in [-0.4, -0.2) is 18.5 Å². The lowest BCUT2D eigenvalue weighted by molar-refractivity contribution is -0.142. The van der Waals surface area contributed by atoms with Crippen molar-refractivity contribution < 1.29 is 14.3 Å². The highest BCUT2D eigenvalue weighted by Gasteiger charge is 2.06. The van der Waals surface area contributed by atoms with Gasteiger partial charge in [0.05, 0.1) is 0 Å². The molecule has 19 heavy (non-hydrogen) atoms. The van der Waals surface area contributed by atoms with Gasteiger partial charge in [-0.15, -0.1) is 0 Å². The number of anilines is 1. The van der Waals surface area contributed by atoms with Crippen LogP contribution >= 0.6 is 0 Å².